The number of carbonyl (C=O) groups is 1. The van der Waals surface area contributed by atoms with Gasteiger partial charge in [-0.25, -0.2) is 0 Å². The lowest BCUT2D eigenvalue weighted by Gasteiger charge is -2.16. The highest BCUT2D eigenvalue weighted by Gasteiger charge is 2.13. The van der Waals surface area contributed by atoms with Gasteiger partial charge in [0.15, 0.2) is 0 Å². The zero-order valence-corrected chi connectivity index (χ0v) is 17.7. The molecule has 3 aromatic rings. The van der Waals surface area contributed by atoms with Crippen molar-refractivity contribution in [1.29, 1.82) is 0 Å². The van der Waals surface area contributed by atoms with E-state index in [0.717, 1.165) is 45.1 Å². The normalized spacial score (nSPS) is 11.0. The largest absolute Gasteiger partial charge is 0.489 e. The van der Waals surface area contributed by atoms with Crippen LogP contribution in [0.5, 0.6) is 5.75 Å². The van der Waals surface area contributed by atoms with Crippen LogP contribution in [0.4, 0.5) is 5.69 Å². The highest BCUT2D eigenvalue weighted by molar-refractivity contribution is 5.93. The Morgan fingerprint density at radius 3 is 2.45 bits per heavy atom. The molecule has 0 fully saturated rings. The first-order valence-electron chi connectivity index (χ1n) is 9.88. The van der Waals surface area contributed by atoms with Crippen LogP contribution in [0.15, 0.2) is 47.0 Å². The molecule has 0 spiro atoms. The zero-order valence-electron chi connectivity index (χ0n) is 17.7. The van der Waals surface area contributed by atoms with Crippen LogP contribution in [0.1, 0.15) is 53.5 Å². The number of benzene rings is 2. The number of aromatic nitrogens is 1. The molecule has 0 bridgehead atoms. The summed E-state index contributed by atoms with van der Waals surface area (Å²) in [5, 5.41) is 7.03. The first-order valence-corrected chi connectivity index (χ1v) is 9.88. The van der Waals surface area contributed by atoms with E-state index >= 15 is 0 Å². The number of anilines is 1. The third-order valence-corrected chi connectivity index (χ3v) is 5.04. The van der Waals surface area contributed by atoms with E-state index < -0.39 is 0 Å². The lowest BCUT2D eigenvalue weighted by molar-refractivity contribution is -0.115. The standard InChI is InChI=1S/C24H28N2O3/c1-15(2)21-8-6-7-16(3)24(21)25-23(27)13-19-9-11-20(12-10-19)28-14-22-17(4)26-29-18(22)5/h6-12,15H,13-14H2,1-5H3,(H,25,27). The van der Waals surface area contributed by atoms with Gasteiger partial charge in [-0.1, -0.05) is 49.3 Å². The predicted molar refractivity (Wildman–Crippen MR) is 114 cm³/mol. The molecule has 3 rings (SSSR count). The number of carbonyl (C=O) groups excluding carboxylic acids is 1. The number of rotatable bonds is 7. The Bertz CT molecular complexity index is 968. The van der Waals surface area contributed by atoms with Crippen molar-refractivity contribution >= 4 is 11.6 Å². The van der Waals surface area contributed by atoms with Crippen molar-refractivity contribution in [2.75, 3.05) is 5.32 Å². The van der Waals surface area contributed by atoms with Crippen LogP contribution >= 0.6 is 0 Å². The van der Waals surface area contributed by atoms with Gasteiger partial charge in [0.25, 0.3) is 0 Å². The average molecular weight is 392 g/mol. The molecular formula is C24H28N2O3. The summed E-state index contributed by atoms with van der Waals surface area (Å²) in [4.78, 5) is 12.6. The third-order valence-electron chi connectivity index (χ3n) is 5.04. The summed E-state index contributed by atoms with van der Waals surface area (Å²) >= 11 is 0. The average Bonchev–Trinajstić information content (AvgIpc) is 3.00. The van der Waals surface area contributed by atoms with Gasteiger partial charge in [0.2, 0.25) is 5.91 Å². The smallest absolute Gasteiger partial charge is 0.228 e. The molecule has 0 saturated carbocycles. The van der Waals surface area contributed by atoms with Crippen LogP contribution in [0.2, 0.25) is 0 Å². The fourth-order valence-electron chi connectivity index (χ4n) is 3.28. The van der Waals surface area contributed by atoms with Crippen molar-refractivity contribution in [3.8, 4) is 5.75 Å². The first-order chi connectivity index (χ1) is 13.8. The van der Waals surface area contributed by atoms with Gasteiger partial charge in [0.1, 0.15) is 18.1 Å². The second-order valence-corrected chi connectivity index (χ2v) is 7.65. The second-order valence-electron chi connectivity index (χ2n) is 7.65. The molecule has 1 N–H and O–H groups in total. The molecule has 5 heteroatoms. The van der Waals surface area contributed by atoms with Crippen LogP contribution in [-0.4, -0.2) is 11.1 Å². The maximum Gasteiger partial charge on any atom is 0.228 e. The predicted octanol–water partition coefficient (Wildman–Crippen LogP) is 5.48. The third kappa shape index (κ3) is 5.05. The molecule has 5 nitrogen and oxygen atoms in total. The number of ether oxygens (including phenoxy) is 1. The van der Waals surface area contributed by atoms with E-state index in [1.807, 2.05) is 57.2 Å². The summed E-state index contributed by atoms with van der Waals surface area (Å²) in [5.41, 5.74) is 5.90. The molecule has 0 aliphatic carbocycles. The maximum atomic E-state index is 12.6. The summed E-state index contributed by atoms with van der Waals surface area (Å²) in [7, 11) is 0. The molecule has 1 heterocycles. The number of amides is 1. The number of aryl methyl sites for hydroxylation is 3. The van der Waals surface area contributed by atoms with Crippen molar-refractivity contribution in [1.82, 2.24) is 5.16 Å². The molecule has 0 aliphatic heterocycles. The Labute approximate surface area is 172 Å². The van der Waals surface area contributed by atoms with Gasteiger partial charge in [0, 0.05) is 5.69 Å². The summed E-state index contributed by atoms with van der Waals surface area (Å²) in [6.07, 6.45) is 0.315. The fraction of sp³-hybridized carbons (Fsp3) is 0.333. The van der Waals surface area contributed by atoms with Gasteiger partial charge in [-0.2, -0.15) is 0 Å². The highest BCUT2D eigenvalue weighted by atomic mass is 16.5. The number of nitrogens with one attached hydrogen (secondary N) is 1. The van der Waals surface area contributed by atoms with Crippen molar-refractivity contribution in [3.05, 3.63) is 76.2 Å². The zero-order chi connectivity index (χ0) is 21.0. The lowest BCUT2D eigenvalue weighted by Crippen LogP contribution is -2.16. The molecule has 152 valence electrons. The van der Waals surface area contributed by atoms with Crippen molar-refractivity contribution in [3.63, 3.8) is 0 Å². The highest BCUT2D eigenvalue weighted by Crippen LogP contribution is 2.27. The molecule has 0 unspecified atom stereocenters. The molecule has 1 aromatic heterocycles. The molecular weight excluding hydrogens is 364 g/mol. The van der Waals surface area contributed by atoms with Crippen molar-refractivity contribution < 1.29 is 14.1 Å². The Morgan fingerprint density at radius 1 is 1.10 bits per heavy atom. The summed E-state index contributed by atoms with van der Waals surface area (Å²) in [5.74, 6) is 1.84. The van der Waals surface area contributed by atoms with Crippen molar-refractivity contribution in [2.24, 2.45) is 0 Å². The van der Waals surface area contributed by atoms with E-state index in [4.69, 9.17) is 9.26 Å². The van der Waals surface area contributed by atoms with Gasteiger partial charge in [-0.15, -0.1) is 0 Å². The molecule has 0 atom stereocenters. The van der Waals surface area contributed by atoms with Gasteiger partial charge in [0.05, 0.1) is 17.7 Å². The summed E-state index contributed by atoms with van der Waals surface area (Å²) < 4.78 is 11.0. The van der Waals surface area contributed by atoms with Crippen LogP contribution < -0.4 is 10.1 Å². The monoisotopic (exact) mass is 392 g/mol. The minimum atomic E-state index is -0.0226. The number of para-hydroxylation sites is 1. The number of nitrogens with zero attached hydrogens (tertiary/aromatic N) is 1. The Morgan fingerprint density at radius 2 is 1.83 bits per heavy atom. The second kappa shape index (κ2) is 8.95. The minimum Gasteiger partial charge on any atom is -0.489 e. The molecule has 29 heavy (non-hydrogen) atoms. The lowest BCUT2D eigenvalue weighted by atomic mass is 9.98. The molecule has 0 aliphatic rings. The number of hydrogen-bond donors (Lipinski definition) is 1. The van der Waals surface area contributed by atoms with Crippen LogP contribution in [0.25, 0.3) is 0 Å². The Kier molecular flexibility index (Phi) is 6.37. The van der Waals surface area contributed by atoms with E-state index in [2.05, 4.69) is 30.4 Å². The summed E-state index contributed by atoms with van der Waals surface area (Å²) in [6, 6.07) is 13.7. The number of hydrogen-bond acceptors (Lipinski definition) is 4. The molecule has 0 saturated heterocycles. The minimum absolute atomic E-state index is 0.0226. The Balaban J connectivity index is 1.61. The molecule has 2 aromatic carbocycles. The van der Waals surface area contributed by atoms with Gasteiger partial charge < -0.3 is 14.6 Å². The first kappa shape index (κ1) is 20.6. The van der Waals surface area contributed by atoms with Gasteiger partial charge in [-0.3, -0.25) is 4.79 Å². The van der Waals surface area contributed by atoms with Crippen LogP contribution in [0.3, 0.4) is 0 Å². The summed E-state index contributed by atoms with van der Waals surface area (Å²) in [6.45, 7) is 10.5. The fourth-order valence-corrected chi connectivity index (χ4v) is 3.28. The maximum absolute atomic E-state index is 12.6. The Hall–Kier alpha value is -3.08. The topological polar surface area (TPSA) is 64.4 Å². The van der Waals surface area contributed by atoms with Crippen LogP contribution in [-0.2, 0) is 17.8 Å². The van der Waals surface area contributed by atoms with E-state index in [9.17, 15) is 4.79 Å². The van der Waals surface area contributed by atoms with E-state index in [0.29, 0.717) is 18.9 Å². The SMILES string of the molecule is Cc1cccc(C(C)C)c1NC(=O)Cc1ccc(OCc2c(C)noc2C)cc1. The van der Waals surface area contributed by atoms with Gasteiger partial charge in [-0.05, 0) is 55.5 Å². The molecule has 1 amide bonds. The van der Waals surface area contributed by atoms with Gasteiger partial charge >= 0.3 is 0 Å². The molecule has 0 radical (unpaired) electrons. The van der Waals surface area contributed by atoms with E-state index in [1.165, 1.54) is 0 Å². The van der Waals surface area contributed by atoms with E-state index in [-0.39, 0.29) is 5.91 Å². The quantitative estimate of drug-likeness (QED) is 0.578. The van der Waals surface area contributed by atoms with Crippen molar-refractivity contribution in [2.45, 2.75) is 53.6 Å². The van der Waals surface area contributed by atoms with Crippen LogP contribution in [0, 0.1) is 20.8 Å². The van der Waals surface area contributed by atoms with E-state index in [1.54, 1.807) is 0 Å².